The molecule has 3 nitrogen and oxygen atoms in total. The van der Waals surface area contributed by atoms with Crippen LogP contribution in [0.2, 0.25) is 5.02 Å². The molecule has 0 aliphatic carbocycles. The molecular formula is C11H16ClN3. The van der Waals surface area contributed by atoms with Crippen molar-refractivity contribution in [3.05, 3.63) is 16.4 Å². The predicted molar refractivity (Wildman–Crippen MR) is 62.7 cm³/mol. The van der Waals surface area contributed by atoms with E-state index in [1.165, 1.54) is 0 Å². The summed E-state index contributed by atoms with van der Waals surface area (Å²) in [6.45, 7) is 4.62. The number of aryl methyl sites for hydroxylation is 2. The molecule has 0 fully saturated rings. The quantitative estimate of drug-likeness (QED) is 0.792. The summed E-state index contributed by atoms with van der Waals surface area (Å²) in [6.07, 6.45) is 6.12. The summed E-state index contributed by atoms with van der Waals surface area (Å²) >= 11 is 6.18. The van der Waals surface area contributed by atoms with E-state index in [1.807, 2.05) is 20.9 Å². The zero-order valence-electron chi connectivity index (χ0n) is 9.34. The summed E-state index contributed by atoms with van der Waals surface area (Å²) in [7, 11) is 1.89. The van der Waals surface area contributed by atoms with Crippen molar-refractivity contribution in [2.45, 2.75) is 32.9 Å². The average Bonchev–Trinajstić information content (AvgIpc) is 2.51. The van der Waals surface area contributed by atoms with E-state index in [4.69, 9.17) is 18.0 Å². The summed E-state index contributed by atoms with van der Waals surface area (Å²) in [6, 6.07) is 0.0426. The maximum atomic E-state index is 6.18. The van der Waals surface area contributed by atoms with Crippen molar-refractivity contribution < 1.29 is 0 Å². The van der Waals surface area contributed by atoms with Gasteiger partial charge in [-0.1, -0.05) is 24.4 Å². The molecule has 82 valence electrons. The number of nitrogens with one attached hydrogen (secondary N) is 1. The molecule has 1 heterocycles. The van der Waals surface area contributed by atoms with Gasteiger partial charge in [0, 0.05) is 13.6 Å². The van der Waals surface area contributed by atoms with Crippen LogP contribution < -0.4 is 5.32 Å². The Labute approximate surface area is 95.8 Å². The number of halogens is 1. The van der Waals surface area contributed by atoms with Crippen molar-refractivity contribution >= 4 is 11.6 Å². The van der Waals surface area contributed by atoms with E-state index >= 15 is 0 Å². The molecular weight excluding hydrogens is 210 g/mol. The van der Waals surface area contributed by atoms with Gasteiger partial charge in [-0.3, -0.25) is 10.00 Å². The van der Waals surface area contributed by atoms with Crippen molar-refractivity contribution in [1.82, 2.24) is 15.1 Å². The zero-order valence-corrected chi connectivity index (χ0v) is 10.1. The van der Waals surface area contributed by atoms with Gasteiger partial charge in [-0.15, -0.1) is 6.42 Å². The molecule has 0 spiro atoms. The van der Waals surface area contributed by atoms with Gasteiger partial charge in [-0.05, 0) is 13.3 Å². The van der Waals surface area contributed by atoms with Crippen LogP contribution in [-0.2, 0) is 20.0 Å². The van der Waals surface area contributed by atoms with Crippen LogP contribution in [0.3, 0.4) is 0 Å². The van der Waals surface area contributed by atoms with E-state index in [0.717, 1.165) is 22.8 Å². The van der Waals surface area contributed by atoms with Crippen LogP contribution in [0.25, 0.3) is 0 Å². The lowest BCUT2D eigenvalue weighted by atomic mass is 10.3. The molecule has 1 unspecified atom stereocenters. The minimum Gasteiger partial charge on any atom is -0.298 e. The lowest BCUT2D eigenvalue weighted by Gasteiger charge is -2.07. The van der Waals surface area contributed by atoms with E-state index in [1.54, 1.807) is 4.68 Å². The highest BCUT2D eigenvalue weighted by molar-refractivity contribution is 6.31. The topological polar surface area (TPSA) is 29.9 Å². The number of hydrogen-bond acceptors (Lipinski definition) is 2. The fraction of sp³-hybridized carbons (Fsp3) is 0.545. The van der Waals surface area contributed by atoms with E-state index in [9.17, 15) is 0 Å². The summed E-state index contributed by atoms with van der Waals surface area (Å²) in [5.74, 6) is 2.61. The monoisotopic (exact) mass is 225 g/mol. The van der Waals surface area contributed by atoms with Crippen LogP contribution in [0.1, 0.15) is 25.2 Å². The van der Waals surface area contributed by atoms with Gasteiger partial charge in [0.05, 0.1) is 22.5 Å². The first-order valence-electron chi connectivity index (χ1n) is 4.99. The van der Waals surface area contributed by atoms with Gasteiger partial charge in [0.15, 0.2) is 0 Å². The highest BCUT2D eigenvalue weighted by atomic mass is 35.5. The maximum absolute atomic E-state index is 6.18. The molecule has 1 N–H and O–H groups in total. The second-order valence-corrected chi connectivity index (χ2v) is 3.83. The summed E-state index contributed by atoms with van der Waals surface area (Å²) in [5, 5.41) is 8.26. The van der Waals surface area contributed by atoms with Gasteiger partial charge >= 0.3 is 0 Å². The van der Waals surface area contributed by atoms with Crippen molar-refractivity contribution in [3.63, 3.8) is 0 Å². The van der Waals surface area contributed by atoms with E-state index < -0.39 is 0 Å². The molecule has 15 heavy (non-hydrogen) atoms. The maximum Gasteiger partial charge on any atom is 0.0863 e. The van der Waals surface area contributed by atoms with Gasteiger partial charge in [-0.2, -0.15) is 5.10 Å². The standard InChI is InChI=1S/C11H16ClN3/c1-5-8(3)13-7-10-11(12)9(6-2)14-15(10)4/h1,8,13H,6-7H2,2-4H3. The lowest BCUT2D eigenvalue weighted by molar-refractivity contribution is 0.599. The number of terminal acetylenes is 1. The fourth-order valence-corrected chi connectivity index (χ4v) is 1.68. The molecule has 0 radical (unpaired) electrons. The normalized spacial score (nSPS) is 12.5. The lowest BCUT2D eigenvalue weighted by Crippen LogP contribution is -2.24. The molecule has 4 heteroatoms. The Hall–Kier alpha value is -0.980. The molecule has 1 aromatic heterocycles. The van der Waals surface area contributed by atoms with Crippen LogP contribution in [0.4, 0.5) is 0 Å². The first kappa shape index (κ1) is 12.1. The Kier molecular flexibility index (Phi) is 4.19. The Morgan fingerprint density at radius 1 is 1.67 bits per heavy atom. The number of nitrogens with zero attached hydrogens (tertiary/aromatic N) is 2. The average molecular weight is 226 g/mol. The molecule has 0 saturated heterocycles. The fourth-order valence-electron chi connectivity index (χ4n) is 1.32. The van der Waals surface area contributed by atoms with Gasteiger partial charge in [0.2, 0.25) is 0 Å². The molecule has 0 aromatic carbocycles. The van der Waals surface area contributed by atoms with Gasteiger partial charge in [0.25, 0.3) is 0 Å². The first-order chi connectivity index (χ1) is 7.10. The summed E-state index contributed by atoms with van der Waals surface area (Å²) < 4.78 is 1.80. The molecule has 0 aliphatic rings. The number of aromatic nitrogens is 2. The van der Waals surface area contributed by atoms with E-state index in [2.05, 4.69) is 16.3 Å². The van der Waals surface area contributed by atoms with Gasteiger partial charge in [0.1, 0.15) is 0 Å². The molecule has 0 bridgehead atoms. The molecule has 0 saturated carbocycles. The molecule has 0 aliphatic heterocycles. The molecule has 1 aromatic rings. The smallest absolute Gasteiger partial charge is 0.0863 e. The van der Waals surface area contributed by atoms with Crippen LogP contribution >= 0.6 is 11.6 Å². The Bertz CT molecular complexity index is 376. The highest BCUT2D eigenvalue weighted by Gasteiger charge is 2.12. The SMILES string of the molecule is C#CC(C)NCc1c(Cl)c(CC)nn1C. The van der Waals surface area contributed by atoms with Gasteiger partial charge < -0.3 is 0 Å². The van der Waals surface area contributed by atoms with Crippen molar-refractivity contribution in [1.29, 1.82) is 0 Å². The third-order valence-corrected chi connectivity index (χ3v) is 2.76. The third-order valence-electron chi connectivity index (χ3n) is 2.33. The van der Waals surface area contributed by atoms with Crippen LogP contribution in [0.15, 0.2) is 0 Å². The number of rotatable bonds is 4. The van der Waals surface area contributed by atoms with Crippen LogP contribution in [0.5, 0.6) is 0 Å². The molecule has 0 amide bonds. The first-order valence-corrected chi connectivity index (χ1v) is 5.37. The second-order valence-electron chi connectivity index (χ2n) is 3.45. The predicted octanol–water partition coefficient (Wildman–Crippen LogP) is 1.75. The van der Waals surface area contributed by atoms with Gasteiger partial charge in [-0.25, -0.2) is 0 Å². The summed E-state index contributed by atoms with van der Waals surface area (Å²) in [4.78, 5) is 0. The Morgan fingerprint density at radius 3 is 2.80 bits per heavy atom. The molecule has 1 atom stereocenters. The van der Waals surface area contributed by atoms with Crippen molar-refractivity contribution in [3.8, 4) is 12.3 Å². The van der Waals surface area contributed by atoms with E-state index in [-0.39, 0.29) is 6.04 Å². The Morgan fingerprint density at radius 2 is 2.33 bits per heavy atom. The van der Waals surface area contributed by atoms with Crippen molar-refractivity contribution in [2.24, 2.45) is 7.05 Å². The third kappa shape index (κ3) is 2.74. The summed E-state index contributed by atoms with van der Waals surface area (Å²) in [5.41, 5.74) is 1.92. The zero-order chi connectivity index (χ0) is 11.4. The Balaban J connectivity index is 2.77. The van der Waals surface area contributed by atoms with E-state index in [0.29, 0.717) is 6.54 Å². The van der Waals surface area contributed by atoms with Crippen molar-refractivity contribution in [2.75, 3.05) is 0 Å². The number of hydrogen-bond donors (Lipinski definition) is 1. The minimum atomic E-state index is 0.0426. The van der Waals surface area contributed by atoms with Crippen LogP contribution in [-0.4, -0.2) is 15.8 Å². The molecule has 1 rings (SSSR count). The minimum absolute atomic E-state index is 0.0426. The highest BCUT2D eigenvalue weighted by Crippen LogP contribution is 2.20. The second kappa shape index (κ2) is 5.20. The van der Waals surface area contributed by atoms with Crippen LogP contribution in [0, 0.1) is 12.3 Å². The largest absolute Gasteiger partial charge is 0.298 e.